The lowest BCUT2D eigenvalue weighted by atomic mass is 9.78. The van der Waals surface area contributed by atoms with Crippen LogP contribution in [-0.2, 0) is 4.79 Å². The van der Waals surface area contributed by atoms with Crippen LogP contribution < -0.4 is 0 Å². The molecule has 0 spiro atoms. The zero-order valence-corrected chi connectivity index (χ0v) is 11.5. The Morgan fingerprint density at radius 3 is 2.50 bits per heavy atom. The Hall–Kier alpha value is -0.890. The van der Waals surface area contributed by atoms with Crippen molar-refractivity contribution in [2.75, 3.05) is 0 Å². The first kappa shape index (κ1) is 13.5. The summed E-state index contributed by atoms with van der Waals surface area (Å²) in [5.41, 5.74) is 0.718. The highest BCUT2D eigenvalue weighted by Crippen LogP contribution is 2.45. The summed E-state index contributed by atoms with van der Waals surface area (Å²) < 4.78 is 12.8. The van der Waals surface area contributed by atoms with E-state index >= 15 is 0 Å². The number of rotatable bonds is 3. The van der Waals surface area contributed by atoms with E-state index in [4.69, 9.17) is 11.6 Å². The number of hydrogen-bond donors (Lipinski definition) is 0. The average Bonchev–Trinajstić information content (AvgIpc) is 2.68. The van der Waals surface area contributed by atoms with Crippen molar-refractivity contribution < 1.29 is 9.18 Å². The van der Waals surface area contributed by atoms with Crippen LogP contribution in [0.5, 0.6) is 0 Å². The van der Waals surface area contributed by atoms with E-state index in [2.05, 4.69) is 13.8 Å². The molecule has 0 radical (unpaired) electrons. The lowest BCUT2D eigenvalue weighted by Gasteiger charge is -2.27. The number of alkyl halides is 1. The van der Waals surface area contributed by atoms with Crippen molar-refractivity contribution in [1.29, 1.82) is 0 Å². The van der Waals surface area contributed by atoms with E-state index in [9.17, 15) is 9.18 Å². The van der Waals surface area contributed by atoms with E-state index < -0.39 is 5.38 Å². The Bertz CT molecular complexity index is 438. The van der Waals surface area contributed by atoms with Crippen LogP contribution >= 0.6 is 11.6 Å². The molecule has 1 nitrogen and oxygen atoms in total. The van der Waals surface area contributed by atoms with E-state index in [0.717, 1.165) is 19.3 Å². The molecule has 98 valence electrons. The monoisotopic (exact) mass is 268 g/mol. The van der Waals surface area contributed by atoms with Gasteiger partial charge in [0.1, 0.15) is 11.2 Å². The number of benzene rings is 1. The average molecular weight is 269 g/mol. The zero-order chi connectivity index (χ0) is 13.3. The number of carbonyl (C=O) groups excluding carboxylic acids is 1. The Labute approximate surface area is 112 Å². The first-order chi connectivity index (χ1) is 8.42. The molecule has 1 aromatic rings. The normalized spacial score (nSPS) is 23.9. The van der Waals surface area contributed by atoms with Crippen LogP contribution in [0.1, 0.15) is 44.1 Å². The molecule has 1 aliphatic carbocycles. The highest BCUT2D eigenvalue weighted by molar-refractivity contribution is 6.31. The summed E-state index contributed by atoms with van der Waals surface area (Å²) in [4.78, 5) is 12.4. The van der Waals surface area contributed by atoms with Gasteiger partial charge in [0.25, 0.3) is 0 Å². The van der Waals surface area contributed by atoms with Crippen molar-refractivity contribution in [1.82, 2.24) is 0 Å². The Morgan fingerprint density at radius 1 is 1.39 bits per heavy atom. The number of Topliss-reactive ketones (excluding diaryl/α,β-unsaturated/α-hetero) is 1. The molecule has 0 aromatic heterocycles. The molecule has 0 N–H and O–H groups in total. The van der Waals surface area contributed by atoms with Crippen molar-refractivity contribution in [3.8, 4) is 0 Å². The number of ketones is 1. The summed E-state index contributed by atoms with van der Waals surface area (Å²) >= 11 is 6.24. The third-order valence-corrected chi connectivity index (χ3v) is 4.48. The predicted octanol–water partition coefficient (Wildman–Crippen LogP) is 4.50. The Balaban J connectivity index is 2.16. The van der Waals surface area contributed by atoms with Gasteiger partial charge in [0.2, 0.25) is 0 Å². The predicted molar refractivity (Wildman–Crippen MR) is 71.1 cm³/mol. The first-order valence-corrected chi connectivity index (χ1v) is 6.79. The van der Waals surface area contributed by atoms with Gasteiger partial charge in [-0.3, -0.25) is 4.79 Å². The minimum absolute atomic E-state index is 0.0186. The van der Waals surface area contributed by atoms with Crippen molar-refractivity contribution in [3.63, 3.8) is 0 Å². The molecular weight excluding hydrogens is 251 g/mol. The minimum atomic E-state index is -0.659. The van der Waals surface area contributed by atoms with Crippen LogP contribution in [0.3, 0.4) is 0 Å². The molecule has 0 aliphatic heterocycles. The highest BCUT2D eigenvalue weighted by atomic mass is 35.5. The third kappa shape index (κ3) is 2.59. The molecule has 0 amide bonds. The number of hydrogen-bond acceptors (Lipinski definition) is 1. The lowest BCUT2D eigenvalue weighted by molar-refractivity contribution is -0.125. The number of halogens is 2. The van der Waals surface area contributed by atoms with Crippen LogP contribution in [0.4, 0.5) is 4.39 Å². The molecule has 0 bridgehead atoms. The second-order valence-electron chi connectivity index (χ2n) is 5.75. The minimum Gasteiger partial charge on any atom is -0.297 e. The van der Waals surface area contributed by atoms with Gasteiger partial charge in [-0.25, -0.2) is 4.39 Å². The molecule has 18 heavy (non-hydrogen) atoms. The molecule has 1 saturated carbocycles. The second kappa shape index (κ2) is 5.00. The third-order valence-electron chi connectivity index (χ3n) is 4.01. The lowest BCUT2D eigenvalue weighted by Crippen LogP contribution is -2.28. The molecule has 2 atom stereocenters. The van der Waals surface area contributed by atoms with E-state index in [-0.39, 0.29) is 22.9 Å². The molecule has 2 unspecified atom stereocenters. The number of carbonyl (C=O) groups is 1. The maximum absolute atomic E-state index is 12.8. The van der Waals surface area contributed by atoms with Gasteiger partial charge in [0.05, 0.1) is 0 Å². The van der Waals surface area contributed by atoms with Gasteiger partial charge in [-0.2, -0.15) is 0 Å². The van der Waals surface area contributed by atoms with Gasteiger partial charge in [-0.05, 0) is 36.0 Å². The van der Waals surface area contributed by atoms with E-state index in [0.29, 0.717) is 5.56 Å². The van der Waals surface area contributed by atoms with Crippen molar-refractivity contribution in [2.45, 2.75) is 38.5 Å². The summed E-state index contributed by atoms with van der Waals surface area (Å²) in [5, 5.41) is -0.659. The zero-order valence-electron chi connectivity index (χ0n) is 10.7. The largest absolute Gasteiger partial charge is 0.297 e. The van der Waals surface area contributed by atoms with E-state index in [1.807, 2.05) is 0 Å². The molecule has 0 saturated heterocycles. The standard InChI is InChI=1S/C15H18ClFO/c1-15(2)9-3-4-12(15)14(18)13(16)10-5-7-11(17)8-6-10/h5-8,12-13H,3-4,9H2,1-2H3. The molecule has 3 heteroatoms. The van der Waals surface area contributed by atoms with Crippen LogP contribution in [-0.4, -0.2) is 5.78 Å². The molecule has 0 heterocycles. The molecular formula is C15H18ClFO. The van der Waals surface area contributed by atoms with Crippen molar-refractivity contribution in [3.05, 3.63) is 35.6 Å². The van der Waals surface area contributed by atoms with Crippen LogP contribution in [0.2, 0.25) is 0 Å². The Morgan fingerprint density at radius 2 is 2.00 bits per heavy atom. The van der Waals surface area contributed by atoms with Crippen LogP contribution in [0.25, 0.3) is 0 Å². The summed E-state index contributed by atoms with van der Waals surface area (Å²) in [5.74, 6) is -0.216. The summed E-state index contributed by atoms with van der Waals surface area (Å²) in [7, 11) is 0. The Kier molecular flexibility index (Phi) is 3.76. The van der Waals surface area contributed by atoms with Gasteiger partial charge in [-0.15, -0.1) is 11.6 Å². The molecule has 2 rings (SSSR count). The van der Waals surface area contributed by atoms with Crippen molar-refractivity contribution in [2.24, 2.45) is 11.3 Å². The van der Waals surface area contributed by atoms with Crippen molar-refractivity contribution >= 4 is 17.4 Å². The first-order valence-electron chi connectivity index (χ1n) is 6.35. The van der Waals surface area contributed by atoms with E-state index in [1.54, 1.807) is 12.1 Å². The van der Waals surface area contributed by atoms with Gasteiger partial charge in [0.15, 0.2) is 5.78 Å². The van der Waals surface area contributed by atoms with E-state index in [1.165, 1.54) is 12.1 Å². The fraction of sp³-hybridized carbons (Fsp3) is 0.533. The van der Waals surface area contributed by atoms with Crippen LogP contribution in [0, 0.1) is 17.2 Å². The van der Waals surface area contributed by atoms with Gasteiger partial charge in [-0.1, -0.05) is 32.4 Å². The molecule has 1 aromatic carbocycles. The summed E-state index contributed by atoms with van der Waals surface area (Å²) in [6.07, 6.45) is 3.06. The fourth-order valence-electron chi connectivity index (χ4n) is 2.83. The molecule has 1 fully saturated rings. The maximum atomic E-state index is 12.8. The SMILES string of the molecule is CC1(C)CCCC1C(=O)C(Cl)c1ccc(F)cc1. The maximum Gasteiger partial charge on any atom is 0.158 e. The van der Waals surface area contributed by atoms with Gasteiger partial charge >= 0.3 is 0 Å². The smallest absolute Gasteiger partial charge is 0.158 e. The topological polar surface area (TPSA) is 17.1 Å². The summed E-state index contributed by atoms with van der Waals surface area (Å²) in [6.45, 7) is 4.24. The second-order valence-corrected chi connectivity index (χ2v) is 6.19. The van der Waals surface area contributed by atoms with Crippen LogP contribution in [0.15, 0.2) is 24.3 Å². The van der Waals surface area contributed by atoms with Gasteiger partial charge in [0, 0.05) is 5.92 Å². The quantitative estimate of drug-likeness (QED) is 0.738. The highest BCUT2D eigenvalue weighted by Gasteiger charge is 2.41. The van der Waals surface area contributed by atoms with Gasteiger partial charge < -0.3 is 0 Å². The molecule has 1 aliphatic rings. The fourth-order valence-corrected chi connectivity index (χ4v) is 3.12. The summed E-state index contributed by atoms with van der Waals surface area (Å²) in [6, 6.07) is 5.87.